The van der Waals surface area contributed by atoms with E-state index in [2.05, 4.69) is 61.3 Å². The van der Waals surface area contributed by atoms with Gasteiger partial charge in [-0.05, 0) is 48.4 Å². The molecular weight excluding hydrogens is 376 g/mol. The molecular formula is C22H28N8+2. The number of pyridine rings is 1. The Balaban J connectivity index is 1.29. The molecule has 3 aromatic rings. The van der Waals surface area contributed by atoms with Crippen LogP contribution in [-0.4, -0.2) is 46.4 Å². The lowest BCUT2D eigenvalue weighted by molar-refractivity contribution is -0.915. The third kappa shape index (κ3) is 3.61. The first-order valence-corrected chi connectivity index (χ1v) is 10.9. The van der Waals surface area contributed by atoms with Crippen LogP contribution < -0.4 is 14.8 Å². The topological polar surface area (TPSA) is 89.2 Å². The number of nitriles is 1. The molecule has 1 aliphatic heterocycles. The van der Waals surface area contributed by atoms with Gasteiger partial charge in [-0.3, -0.25) is 0 Å². The van der Waals surface area contributed by atoms with Crippen molar-refractivity contribution in [1.82, 2.24) is 20.2 Å². The molecule has 2 aromatic heterocycles. The molecule has 1 saturated carbocycles. The van der Waals surface area contributed by atoms with Gasteiger partial charge in [-0.2, -0.15) is 5.26 Å². The summed E-state index contributed by atoms with van der Waals surface area (Å²) in [6, 6.07) is 11.2. The van der Waals surface area contributed by atoms with Gasteiger partial charge in [0.1, 0.15) is 49.9 Å². The van der Waals surface area contributed by atoms with Crippen LogP contribution in [0.15, 0.2) is 24.3 Å². The Morgan fingerprint density at radius 1 is 1.20 bits per heavy atom. The summed E-state index contributed by atoms with van der Waals surface area (Å²) in [5.74, 6) is 1.94. The zero-order chi connectivity index (χ0) is 20.5. The summed E-state index contributed by atoms with van der Waals surface area (Å²) in [5.41, 5.74) is 2.98. The molecule has 2 aliphatic rings. The molecule has 3 heterocycles. The maximum absolute atomic E-state index is 9.71. The number of aromatic nitrogens is 5. The lowest BCUT2D eigenvalue weighted by atomic mass is 10.1. The van der Waals surface area contributed by atoms with Crippen molar-refractivity contribution in [3.63, 3.8) is 0 Å². The molecule has 5 rings (SSSR count). The van der Waals surface area contributed by atoms with Crippen molar-refractivity contribution in [3.05, 3.63) is 41.2 Å². The van der Waals surface area contributed by atoms with E-state index in [1.54, 1.807) is 0 Å². The van der Waals surface area contributed by atoms with Crippen LogP contribution >= 0.6 is 0 Å². The summed E-state index contributed by atoms with van der Waals surface area (Å²) in [6.45, 7) is 6.75. The molecule has 0 radical (unpaired) electrons. The van der Waals surface area contributed by atoms with Gasteiger partial charge in [-0.1, -0.05) is 24.5 Å². The number of anilines is 1. The van der Waals surface area contributed by atoms with E-state index >= 15 is 0 Å². The summed E-state index contributed by atoms with van der Waals surface area (Å²) in [5, 5.41) is 23.3. The molecule has 0 amide bonds. The second-order valence-corrected chi connectivity index (χ2v) is 8.63. The van der Waals surface area contributed by atoms with Crippen molar-refractivity contribution < 1.29 is 9.88 Å². The summed E-state index contributed by atoms with van der Waals surface area (Å²) in [4.78, 5) is 7.31. The molecule has 0 atom stereocenters. The number of benzene rings is 1. The number of quaternary nitrogens is 1. The van der Waals surface area contributed by atoms with Gasteiger partial charge in [-0.25, -0.2) is 14.6 Å². The van der Waals surface area contributed by atoms with Gasteiger partial charge < -0.3 is 4.90 Å². The number of piperazine rings is 1. The van der Waals surface area contributed by atoms with Crippen molar-refractivity contribution in [2.45, 2.75) is 45.2 Å². The highest BCUT2D eigenvalue weighted by atomic mass is 15.6. The zero-order valence-corrected chi connectivity index (χ0v) is 17.4. The molecule has 2 N–H and O–H groups in total. The first-order valence-electron chi connectivity index (χ1n) is 10.9. The fourth-order valence-corrected chi connectivity index (χ4v) is 4.88. The van der Waals surface area contributed by atoms with Gasteiger partial charge in [0.15, 0.2) is 0 Å². The van der Waals surface area contributed by atoms with E-state index in [9.17, 15) is 5.26 Å². The maximum Gasteiger partial charge on any atom is 0.293 e. The van der Waals surface area contributed by atoms with Crippen molar-refractivity contribution >= 4 is 16.7 Å². The molecule has 30 heavy (non-hydrogen) atoms. The second-order valence-electron chi connectivity index (χ2n) is 8.63. The average molecular weight is 405 g/mol. The Bertz CT molecular complexity index is 1080. The van der Waals surface area contributed by atoms with E-state index in [0.717, 1.165) is 55.3 Å². The number of hydrogen-bond donors (Lipinski definition) is 1. The Kier molecular flexibility index (Phi) is 5.05. The molecule has 0 unspecified atom stereocenters. The molecule has 8 heteroatoms. The van der Waals surface area contributed by atoms with Crippen molar-refractivity contribution in [3.8, 4) is 6.07 Å². The summed E-state index contributed by atoms with van der Waals surface area (Å²) < 4.78 is 2.07. The minimum Gasteiger partial charge on any atom is -0.322 e. The van der Waals surface area contributed by atoms with E-state index in [-0.39, 0.29) is 0 Å². The first kappa shape index (κ1) is 18.9. The molecule has 1 aromatic carbocycles. The van der Waals surface area contributed by atoms with Gasteiger partial charge in [0.2, 0.25) is 5.82 Å². The van der Waals surface area contributed by atoms with Crippen LogP contribution in [0.3, 0.4) is 0 Å². The van der Waals surface area contributed by atoms with Crippen LogP contribution in [-0.2, 0) is 6.54 Å². The van der Waals surface area contributed by atoms with E-state index < -0.39 is 0 Å². The van der Waals surface area contributed by atoms with Gasteiger partial charge in [0, 0.05) is 5.39 Å². The van der Waals surface area contributed by atoms with Crippen LogP contribution in [0.2, 0.25) is 0 Å². The third-order valence-corrected chi connectivity index (χ3v) is 6.56. The Morgan fingerprint density at radius 2 is 2.00 bits per heavy atom. The number of aryl methyl sites for hydroxylation is 1. The number of nitrogens with zero attached hydrogens (tertiary/aromatic N) is 6. The first-order chi connectivity index (χ1) is 14.7. The monoisotopic (exact) mass is 404 g/mol. The van der Waals surface area contributed by atoms with Crippen LogP contribution in [0.25, 0.3) is 10.9 Å². The van der Waals surface area contributed by atoms with Crippen LogP contribution in [0.5, 0.6) is 0 Å². The highest BCUT2D eigenvalue weighted by Gasteiger charge is 2.31. The highest BCUT2D eigenvalue weighted by Crippen LogP contribution is 2.29. The molecule has 0 bridgehead atoms. The quantitative estimate of drug-likeness (QED) is 0.696. The number of H-pyrrole nitrogens is 1. The lowest BCUT2D eigenvalue weighted by Gasteiger charge is -2.28. The normalized spacial score (nSPS) is 18.2. The molecule has 1 saturated heterocycles. The summed E-state index contributed by atoms with van der Waals surface area (Å²) in [6.07, 6.45) is 4.93. The molecule has 2 fully saturated rings. The van der Waals surface area contributed by atoms with E-state index in [0.29, 0.717) is 11.6 Å². The van der Waals surface area contributed by atoms with Crippen LogP contribution in [0, 0.1) is 18.3 Å². The van der Waals surface area contributed by atoms with Gasteiger partial charge in [0.05, 0.1) is 6.04 Å². The number of nitrogens with one attached hydrogen (secondary N) is 2. The predicted octanol–water partition coefficient (Wildman–Crippen LogP) is 0.841. The van der Waals surface area contributed by atoms with E-state index in [1.165, 1.54) is 36.1 Å². The smallest absolute Gasteiger partial charge is 0.293 e. The van der Waals surface area contributed by atoms with E-state index in [1.807, 2.05) is 6.07 Å². The predicted molar refractivity (Wildman–Crippen MR) is 112 cm³/mol. The van der Waals surface area contributed by atoms with Gasteiger partial charge in [-0.15, -0.1) is 5.10 Å². The number of tetrazole rings is 1. The fourth-order valence-electron chi connectivity index (χ4n) is 4.88. The minimum atomic E-state index is 0.477. The zero-order valence-electron chi connectivity index (χ0n) is 17.4. The van der Waals surface area contributed by atoms with Gasteiger partial charge in [0.25, 0.3) is 5.82 Å². The maximum atomic E-state index is 9.71. The van der Waals surface area contributed by atoms with Crippen molar-refractivity contribution in [1.29, 1.82) is 5.26 Å². The van der Waals surface area contributed by atoms with Crippen molar-refractivity contribution in [2.75, 3.05) is 31.1 Å². The number of hydrogen-bond acceptors (Lipinski definition) is 5. The molecule has 1 aliphatic carbocycles. The number of aromatic amines is 1. The number of fused-ring (bicyclic) bond motifs is 1. The summed E-state index contributed by atoms with van der Waals surface area (Å²) in [7, 11) is 0. The Morgan fingerprint density at radius 3 is 2.77 bits per heavy atom. The average Bonchev–Trinajstić information content (AvgIpc) is 3.45. The minimum absolute atomic E-state index is 0.477. The van der Waals surface area contributed by atoms with Crippen molar-refractivity contribution in [2.24, 2.45) is 0 Å². The standard InChI is InChI=1S/C22H26N8/c1-16-6-7-20-17(12-16)13-18(14-23)22(24-20)29-10-8-28(9-11-29)15-21-25-26-27-30(21)19-4-2-3-5-19/h6-7,12-13,19H,2-5,8-11,15H2,1H3/p+2. The third-order valence-electron chi connectivity index (χ3n) is 6.56. The van der Waals surface area contributed by atoms with Crippen LogP contribution in [0.4, 0.5) is 5.82 Å². The fraction of sp³-hybridized carbons (Fsp3) is 0.500. The Hall–Kier alpha value is -3.05. The summed E-state index contributed by atoms with van der Waals surface area (Å²) >= 11 is 0. The second kappa shape index (κ2) is 8.00. The molecule has 0 spiro atoms. The Labute approximate surface area is 176 Å². The highest BCUT2D eigenvalue weighted by molar-refractivity contribution is 5.79. The van der Waals surface area contributed by atoms with E-state index in [4.69, 9.17) is 0 Å². The lowest BCUT2D eigenvalue weighted by Crippen LogP contribution is -3.13. The SMILES string of the molecule is Cc1ccc2[nH+]c(N3CC[NH+](Cc4nnnn4C4CCCC4)CC3)c(C#N)cc2c1. The van der Waals surface area contributed by atoms with Gasteiger partial charge >= 0.3 is 0 Å². The largest absolute Gasteiger partial charge is 0.322 e. The molecule has 8 nitrogen and oxygen atoms in total. The number of rotatable bonds is 4. The van der Waals surface area contributed by atoms with Crippen LogP contribution in [0.1, 0.15) is 48.7 Å². The molecule has 154 valence electrons.